The zero-order chi connectivity index (χ0) is 14.5. The fourth-order valence-electron chi connectivity index (χ4n) is 1.54. The van der Waals surface area contributed by atoms with E-state index in [1.807, 2.05) is 6.26 Å². The lowest BCUT2D eigenvalue weighted by Crippen LogP contribution is -2.26. The van der Waals surface area contributed by atoms with Crippen LogP contribution >= 0.6 is 24.0 Å². The summed E-state index contributed by atoms with van der Waals surface area (Å²) < 4.78 is 27.0. The van der Waals surface area contributed by atoms with E-state index in [4.69, 9.17) is 18.0 Å². The molecule has 0 atom stereocenters. The van der Waals surface area contributed by atoms with Gasteiger partial charge in [0.1, 0.15) is 4.99 Å². The third-order valence-corrected chi connectivity index (χ3v) is 5.12. The summed E-state index contributed by atoms with van der Waals surface area (Å²) in [7, 11) is -3.50. The molecule has 106 valence electrons. The van der Waals surface area contributed by atoms with Crippen LogP contribution in [0, 0.1) is 6.92 Å². The number of thiocarbonyl (C=S) groups is 1. The van der Waals surface area contributed by atoms with Gasteiger partial charge in [0.15, 0.2) is 0 Å². The molecule has 3 N–H and O–H groups in total. The van der Waals surface area contributed by atoms with Crippen molar-refractivity contribution < 1.29 is 8.42 Å². The maximum absolute atomic E-state index is 12.2. The number of hydrogen-bond acceptors (Lipinski definition) is 4. The first-order chi connectivity index (χ1) is 8.88. The highest BCUT2D eigenvalue weighted by atomic mass is 32.2. The van der Waals surface area contributed by atoms with Gasteiger partial charge < -0.3 is 5.73 Å². The normalized spacial score (nSPS) is 11.5. The number of hydrogen-bond donors (Lipinski definition) is 2. The highest BCUT2D eigenvalue weighted by Gasteiger charge is 2.17. The molecule has 0 heterocycles. The van der Waals surface area contributed by atoms with E-state index in [1.165, 1.54) is 6.07 Å². The summed E-state index contributed by atoms with van der Waals surface area (Å²) in [5.41, 5.74) is 6.77. The van der Waals surface area contributed by atoms with Gasteiger partial charge in [0.25, 0.3) is 0 Å². The van der Waals surface area contributed by atoms with Crippen LogP contribution in [0.1, 0.15) is 17.5 Å². The first-order valence-corrected chi connectivity index (χ1v) is 9.06. The molecular weight excluding hydrogens is 300 g/mol. The van der Waals surface area contributed by atoms with Gasteiger partial charge >= 0.3 is 0 Å². The molecule has 0 aliphatic heterocycles. The van der Waals surface area contributed by atoms with Gasteiger partial charge in [0.05, 0.1) is 4.90 Å². The van der Waals surface area contributed by atoms with E-state index in [9.17, 15) is 8.42 Å². The number of nitrogens with one attached hydrogen (secondary N) is 1. The summed E-state index contributed by atoms with van der Waals surface area (Å²) in [5.74, 6) is 0.925. The van der Waals surface area contributed by atoms with Gasteiger partial charge in [0.2, 0.25) is 10.0 Å². The molecule has 0 aliphatic rings. The molecule has 1 aromatic carbocycles. The zero-order valence-electron chi connectivity index (χ0n) is 11.0. The number of nitrogens with two attached hydrogens (primary N) is 1. The van der Waals surface area contributed by atoms with Crippen molar-refractivity contribution >= 4 is 39.0 Å². The van der Waals surface area contributed by atoms with Crippen LogP contribution in [0.4, 0.5) is 0 Å². The van der Waals surface area contributed by atoms with E-state index >= 15 is 0 Å². The second-order valence-corrected chi connectivity index (χ2v) is 7.25. The van der Waals surface area contributed by atoms with Crippen LogP contribution in [0.25, 0.3) is 0 Å². The first-order valence-electron chi connectivity index (χ1n) is 5.77. The second-order valence-electron chi connectivity index (χ2n) is 4.09. The van der Waals surface area contributed by atoms with Crippen LogP contribution in [0.15, 0.2) is 23.1 Å². The van der Waals surface area contributed by atoms with Gasteiger partial charge in [-0.05, 0) is 37.0 Å². The molecule has 0 unspecified atom stereocenters. The van der Waals surface area contributed by atoms with Crippen molar-refractivity contribution in [3.05, 3.63) is 29.3 Å². The molecule has 0 saturated carbocycles. The molecule has 0 radical (unpaired) electrons. The molecule has 0 fully saturated rings. The maximum atomic E-state index is 12.2. The number of aryl methyl sites for hydroxylation is 1. The van der Waals surface area contributed by atoms with Gasteiger partial charge in [-0.2, -0.15) is 11.8 Å². The number of sulfonamides is 1. The highest BCUT2D eigenvalue weighted by molar-refractivity contribution is 7.98. The SMILES string of the molecule is CSCCCNS(=O)(=O)c1cc(C(N)=S)ccc1C. The second kappa shape index (κ2) is 7.23. The zero-order valence-corrected chi connectivity index (χ0v) is 13.4. The molecule has 1 rings (SSSR count). The molecule has 19 heavy (non-hydrogen) atoms. The van der Waals surface area contributed by atoms with E-state index in [0.29, 0.717) is 17.7 Å². The van der Waals surface area contributed by atoms with Gasteiger partial charge in [-0.25, -0.2) is 13.1 Å². The Labute approximate surface area is 124 Å². The van der Waals surface area contributed by atoms with Gasteiger partial charge in [0, 0.05) is 12.1 Å². The Hall–Kier alpha value is -0.630. The van der Waals surface area contributed by atoms with Gasteiger partial charge in [-0.1, -0.05) is 24.4 Å². The first kappa shape index (κ1) is 16.4. The van der Waals surface area contributed by atoms with Crippen LogP contribution in [0.3, 0.4) is 0 Å². The summed E-state index contributed by atoms with van der Waals surface area (Å²) >= 11 is 6.56. The average Bonchev–Trinajstić information content (AvgIpc) is 2.34. The lowest BCUT2D eigenvalue weighted by Gasteiger charge is -2.10. The third-order valence-electron chi connectivity index (χ3n) is 2.58. The van der Waals surface area contributed by atoms with Crippen molar-refractivity contribution in [3.63, 3.8) is 0 Å². The minimum atomic E-state index is -3.50. The standard InChI is InChI=1S/C12H18N2O2S3/c1-9-4-5-10(12(13)17)8-11(9)19(15,16)14-6-3-7-18-2/h4-5,8,14H,3,6-7H2,1-2H3,(H2,13,17). The molecule has 0 bridgehead atoms. The number of rotatable bonds is 7. The summed E-state index contributed by atoms with van der Waals surface area (Å²) in [5, 5.41) is 0. The molecule has 0 aromatic heterocycles. The van der Waals surface area contributed by atoms with Crippen molar-refractivity contribution in [2.24, 2.45) is 5.73 Å². The van der Waals surface area contributed by atoms with E-state index in [-0.39, 0.29) is 9.88 Å². The van der Waals surface area contributed by atoms with Crippen LogP contribution in [0.5, 0.6) is 0 Å². The van der Waals surface area contributed by atoms with E-state index in [0.717, 1.165) is 12.2 Å². The van der Waals surface area contributed by atoms with Gasteiger partial charge in [-0.15, -0.1) is 0 Å². The largest absolute Gasteiger partial charge is 0.389 e. The molecular formula is C12H18N2O2S3. The topological polar surface area (TPSA) is 72.2 Å². The Kier molecular flexibility index (Phi) is 6.25. The Bertz CT molecular complexity index is 556. The fraction of sp³-hybridized carbons (Fsp3) is 0.417. The van der Waals surface area contributed by atoms with E-state index < -0.39 is 10.0 Å². The van der Waals surface area contributed by atoms with Crippen LogP contribution in [-0.2, 0) is 10.0 Å². The lowest BCUT2D eigenvalue weighted by atomic mass is 10.1. The Morgan fingerprint density at radius 3 is 2.74 bits per heavy atom. The van der Waals surface area contributed by atoms with E-state index in [1.54, 1.807) is 30.8 Å². The average molecular weight is 318 g/mol. The Morgan fingerprint density at radius 2 is 2.16 bits per heavy atom. The van der Waals surface area contributed by atoms with Crippen molar-refractivity contribution in [2.45, 2.75) is 18.2 Å². The minimum Gasteiger partial charge on any atom is -0.389 e. The summed E-state index contributed by atoms with van der Waals surface area (Å²) in [6, 6.07) is 4.96. The molecule has 7 heteroatoms. The monoisotopic (exact) mass is 318 g/mol. The van der Waals surface area contributed by atoms with Crippen LogP contribution < -0.4 is 10.5 Å². The van der Waals surface area contributed by atoms with Crippen molar-refractivity contribution in [3.8, 4) is 0 Å². The molecule has 1 aromatic rings. The predicted molar refractivity (Wildman–Crippen MR) is 85.3 cm³/mol. The molecule has 0 spiro atoms. The van der Waals surface area contributed by atoms with Crippen molar-refractivity contribution in [1.82, 2.24) is 4.72 Å². The highest BCUT2D eigenvalue weighted by Crippen LogP contribution is 2.17. The van der Waals surface area contributed by atoms with Crippen molar-refractivity contribution in [1.29, 1.82) is 0 Å². The minimum absolute atomic E-state index is 0.193. The quantitative estimate of drug-likeness (QED) is 0.591. The lowest BCUT2D eigenvalue weighted by molar-refractivity contribution is 0.580. The molecule has 0 saturated heterocycles. The summed E-state index contributed by atoms with van der Waals surface area (Å²) in [6.45, 7) is 2.18. The molecule has 0 amide bonds. The Balaban J connectivity index is 2.94. The summed E-state index contributed by atoms with van der Waals surface area (Å²) in [4.78, 5) is 0.431. The maximum Gasteiger partial charge on any atom is 0.240 e. The summed E-state index contributed by atoms with van der Waals surface area (Å²) in [6.07, 6.45) is 2.79. The number of thioether (sulfide) groups is 1. The molecule has 4 nitrogen and oxygen atoms in total. The molecule has 0 aliphatic carbocycles. The van der Waals surface area contributed by atoms with Crippen LogP contribution in [0.2, 0.25) is 0 Å². The number of benzene rings is 1. The van der Waals surface area contributed by atoms with Crippen LogP contribution in [-0.4, -0.2) is 32.0 Å². The smallest absolute Gasteiger partial charge is 0.240 e. The van der Waals surface area contributed by atoms with Crippen molar-refractivity contribution in [2.75, 3.05) is 18.6 Å². The Morgan fingerprint density at radius 1 is 1.47 bits per heavy atom. The third kappa shape index (κ3) is 4.76. The predicted octanol–water partition coefficient (Wildman–Crippen LogP) is 1.66. The van der Waals surface area contributed by atoms with Gasteiger partial charge in [-0.3, -0.25) is 0 Å². The fourth-order valence-corrected chi connectivity index (χ4v) is 3.45. The van der Waals surface area contributed by atoms with E-state index in [2.05, 4.69) is 4.72 Å².